The number of aromatic nitrogens is 5. The molecule has 2 saturated heterocycles. The molecular formula is C30H31N9O3. The largest absolute Gasteiger partial charge is 0.378 e. The lowest BCUT2D eigenvalue weighted by molar-refractivity contribution is 0.0304. The molecule has 12 heteroatoms. The van der Waals surface area contributed by atoms with Gasteiger partial charge in [-0.25, -0.2) is 14.5 Å². The van der Waals surface area contributed by atoms with Crippen LogP contribution in [0.3, 0.4) is 0 Å². The van der Waals surface area contributed by atoms with Crippen molar-refractivity contribution in [2.75, 3.05) is 69.7 Å². The minimum Gasteiger partial charge on any atom is -0.378 e. The molecule has 2 fully saturated rings. The van der Waals surface area contributed by atoms with Gasteiger partial charge in [-0.2, -0.15) is 5.10 Å². The van der Waals surface area contributed by atoms with Crippen molar-refractivity contribution in [2.45, 2.75) is 0 Å². The molecule has 2 N–H and O–H groups in total. The van der Waals surface area contributed by atoms with Crippen LogP contribution >= 0.6 is 0 Å². The van der Waals surface area contributed by atoms with E-state index in [2.05, 4.69) is 42.2 Å². The number of H-pyrrole nitrogens is 1. The summed E-state index contributed by atoms with van der Waals surface area (Å²) in [4.78, 5) is 45.0. The first-order valence-electron chi connectivity index (χ1n) is 14.1. The van der Waals surface area contributed by atoms with Crippen LogP contribution in [0.15, 0.2) is 61.3 Å². The Morgan fingerprint density at radius 1 is 0.952 bits per heavy atom. The van der Waals surface area contributed by atoms with E-state index < -0.39 is 0 Å². The lowest BCUT2D eigenvalue weighted by atomic mass is 10.0. The molecule has 0 aromatic carbocycles. The molecule has 0 bridgehead atoms. The molecule has 0 saturated carbocycles. The van der Waals surface area contributed by atoms with Gasteiger partial charge in [0, 0.05) is 68.8 Å². The van der Waals surface area contributed by atoms with Gasteiger partial charge in [-0.1, -0.05) is 0 Å². The minimum atomic E-state index is -0.268. The van der Waals surface area contributed by atoms with Crippen molar-refractivity contribution >= 4 is 39.9 Å². The summed E-state index contributed by atoms with van der Waals surface area (Å²) in [5, 5.41) is 8.13. The Hall–Kier alpha value is -4.81. The Balaban J connectivity index is 1.12. The van der Waals surface area contributed by atoms with E-state index in [1.165, 1.54) is 0 Å². The fraction of sp³-hybridized carbons (Fsp3) is 0.300. The van der Waals surface area contributed by atoms with Gasteiger partial charge in [-0.3, -0.25) is 9.59 Å². The van der Waals surface area contributed by atoms with Crippen LogP contribution in [-0.4, -0.2) is 106 Å². The number of likely N-dealkylation sites (N-methyl/N-ethyl adjacent to an activating group) is 1. The normalized spacial score (nSPS) is 16.3. The molecule has 0 atom stereocenters. The summed E-state index contributed by atoms with van der Waals surface area (Å²) in [6.45, 7) is 6.05. The third-order valence-corrected chi connectivity index (χ3v) is 7.99. The molecule has 7 rings (SSSR count). The first-order valence-corrected chi connectivity index (χ1v) is 14.1. The zero-order valence-corrected chi connectivity index (χ0v) is 23.3. The molecular weight excluding hydrogens is 534 g/mol. The fourth-order valence-electron chi connectivity index (χ4n) is 5.50. The number of fused-ring (bicyclic) bond motifs is 2. The second-order valence-corrected chi connectivity index (χ2v) is 10.7. The van der Waals surface area contributed by atoms with Gasteiger partial charge >= 0.3 is 0 Å². The van der Waals surface area contributed by atoms with Crippen molar-refractivity contribution in [3.8, 4) is 11.1 Å². The number of hydrogen-bond donors (Lipinski definition) is 2. The van der Waals surface area contributed by atoms with E-state index in [1.807, 2.05) is 42.7 Å². The van der Waals surface area contributed by atoms with Crippen LogP contribution in [0.5, 0.6) is 0 Å². The number of nitrogens with one attached hydrogen (secondary N) is 2. The third-order valence-electron chi connectivity index (χ3n) is 7.99. The number of rotatable bonds is 5. The van der Waals surface area contributed by atoms with Crippen molar-refractivity contribution in [3.05, 3.63) is 72.4 Å². The molecule has 12 nitrogen and oxygen atoms in total. The first kappa shape index (κ1) is 26.1. The summed E-state index contributed by atoms with van der Waals surface area (Å²) < 4.78 is 7.10. The van der Waals surface area contributed by atoms with Crippen LogP contribution in [0.4, 0.5) is 11.5 Å². The standard InChI is InChI=1S/C30H31N9O3/c1-36-6-8-37(9-7-36)27-3-2-22(17-31-27)35-29(40)21-14-23-24(18-33-28(23)32-16-21)20-4-5-39-26(15-20)25(19-34-39)30(41)38-10-12-42-13-11-38/h2-5,14-19H,6-13H2,1H3,(H,32,33)(H,35,40). The number of amides is 2. The summed E-state index contributed by atoms with van der Waals surface area (Å²) in [6, 6.07) is 9.53. The number of carbonyl (C=O) groups is 2. The van der Waals surface area contributed by atoms with Gasteiger partial charge in [-0.05, 0) is 42.9 Å². The SMILES string of the molecule is CN1CCN(c2ccc(NC(=O)c3cnc4[nH]cc(-c5ccn6ncc(C(=O)N7CCOCC7)c6c5)c4c3)cn2)CC1. The first-order chi connectivity index (χ1) is 20.5. The van der Waals surface area contributed by atoms with Gasteiger partial charge in [0.2, 0.25) is 0 Å². The zero-order chi connectivity index (χ0) is 28.6. The van der Waals surface area contributed by atoms with Gasteiger partial charge in [0.25, 0.3) is 11.8 Å². The van der Waals surface area contributed by atoms with Crippen LogP contribution in [0, 0.1) is 0 Å². The molecule has 0 spiro atoms. The van der Waals surface area contributed by atoms with Gasteiger partial charge in [0.1, 0.15) is 11.5 Å². The monoisotopic (exact) mass is 565 g/mol. The number of ether oxygens (including phenoxy) is 1. The Morgan fingerprint density at radius 2 is 1.79 bits per heavy atom. The molecule has 7 heterocycles. The van der Waals surface area contributed by atoms with Crippen LogP contribution in [-0.2, 0) is 4.74 Å². The van der Waals surface area contributed by atoms with E-state index in [1.54, 1.807) is 28.0 Å². The quantitative estimate of drug-likeness (QED) is 0.334. The number of nitrogens with zero attached hydrogens (tertiary/aromatic N) is 7. The lowest BCUT2D eigenvalue weighted by Gasteiger charge is -2.33. The number of anilines is 2. The van der Waals surface area contributed by atoms with Crippen LogP contribution in [0.25, 0.3) is 27.7 Å². The predicted octanol–water partition coefficient (Wildman–Crippen LogP) is 2.75. The van der Waals surface area contributed by atoms with Crippen LogP contribution < -0.4 is 10.2 Å². The maximum atomic E-state index is 13.2. The number of carbonyl (C=O) groups excluding carboxylic acids is 2. The fourth-order valence-corrected chi connectivity index (χ4v) is 5.50. The van der Waals surface area contributed by atoms with E-state index in [9.17, 15) is 9.59 Å². The molecule has 214 valence electrons. The highest BCUT2D eigenvalue weighted by Gasteiger charge is 2.23. The lowest BCUT2D eigenvalue weighted by Crippen LogP contribution is -2.44. The summed E-state index contributed by atoms with van der Waals surface area (Å²) in [6.07, 6.45) is 8.57. The predicted molar refractivity (Wildman–Crippen MR) is 159 cm³/mol. The van der Waals surface area contributed by atoms with Crippen molar-refractivity contribution < 1.29 is 14.3 Å². The van der Waals surface area contributed by atoms with Crippen molar-refractivity contribution in [2.24, 2.45) is 0 Å². The molecule has 2 amide bonds. The van der Waals surface area contributed by atoms with E-state index in [4.69, 9.17) is 4.74 Å². The molecule has 2 aliphatic heterocycles. The van der Waals surface area contributed by atoms with E-state index in [-0.39, 0.29) is 11.8 Å². The highest BCUT2D eigenvalue weighted by Crippen LogP contribution is 2.30. The molecule has 0 unspecified atom stereocenters. The van der Waals surface area contributed by atoms with E-state index in [0.717, 1.165) is 48.5 Å². The van der Waals surface area contributed by atoms with Crippen LogP contribution in [0.2, 0.25) is 0 Å². The Labute approximate surface area is 241 Å². The third kappa shape index (κ3) is 4.95. The molecule has 0 aliphatic carbocycles. The molecule has 2 aliphatic rings. The smallest absolute Gasteiger partial charge is 0.257 e. The van der Waals surface area contributed by atoms with Crippen molar-refractivity contribution in [1.29, 1.82) is 0 Å². The van der Waals surface area contributed by atoms with Gasteiger partial charge in [-0.15, -0.1) is 0 Å². The Morgan fingerprint density at radius 3 is 2.57 bits per heavy atom. The van der Waals surface area contributed by atoms with E-state index in [0.29, 0.717) is 54.3 Å². The zero-order valence-electron chi connectivity index (χ0n) is 23.3. The van der Waals surface area contributed by atoms with Crippen LogP contribution in [0.1, 0.15) is 20.7 Å². The summed E-state index contributed by atoms with van der Waals surface area (Å²) in [7, 11) is 2.12. The molecule has 0 radical (unpaired) electrons. The van der Waals surface area contributed by atoms with Crippen molar-refractivity contribution in [1.82, 2.24) is 34.4 Å². The maximum absolute atomic E-state index is 13.2. The molecule has 5 aromatic rings. The highest BCUT2D eigenvalue weighted by molar-refractivity contribution is 6.07. The summed E-state index contributed by atoms with van der Waals surface area (Å²) in [5.41, 5.74) is 4.73. The number of morpholine rings is 1. The number of hydrogen-bond acceptors (Lipinski definition) is 8. The van der Waals surface area contributed by atoms with E-state index >= 15 is 0 Å². The second-order valence-electron chi connectivity index (χ2n) is 10.7. The van der Waals surface area contributed by atoms with Gasteiger partial charge in [0.05, 0.1) is 47.9 Å². The average molecular weight is 566 g/mol. The van der Waals surface area contributed by atoms with Gasteiger partial charge in [0.15, 0.2) is 0 Å². The van der Waals surface area contributed by atoms with Gasteiger partial charge < -0.3 is 29.7 Å². The number of piperazine rings is 1. The Kier molecular flexibility index (Phi) is 6.76. The Bertz CT molecular complexity index is 1760. The minimum absolute atomic E-state index is 0.0592. The second kappa shape index (κ2) is 10.9. The summed E-state index contributed by atoms with van der Waals surface area (Å²) >= 11 is 0. The van der Waals surface area contributed by atoms with Crippen molar-refractivity contribution in [3.63, 3.8) is 0 Å². The number of aromatic amines is 1. The highest BCUT2D eigenvalue weighted by atomic mass is 16.5. The molecule has 42 heavy (non-hydrogen) atoms. The topological polar surface area (TPSA) is 124 Å². The number of pyridine rings is 3. The maximum Gasteiger partial charge on any atom is 0.257 e. The average Bonchev–Trinajstić information content (AvgIpc) is 3.65. The molecule has 5 aromatic heterocycles. The summed E-state index contributed by atoms with van der Waals surface area (Å²) in [5.74, 6) is 0.581.